The largest absolute Gasteiger partial charge is 0.493 e. The summed E-state index contributed by atoms with van der Waals surface area (Å²) >= 11 is 1.03. The number of alkyl halides is 3. The Kier molecular flexibility index (Phi) is 6.58. The van der Waals surface area contributed by atoms with Crippen LogP contribution in [0.2, 0.25) is 0 Å². The highest BCUT2D eigenvalue weighted by molar-refractivity contribution is 7.90. The van der Waals surface area contributed by atoms with Gasteiger partial charge in [0.15, 0.2) is 9.84 Å². The summed E-state index contributed by atoms with van der Waals surface area (Å²) in [5.41, 5.74) is 1.66. The number of sulfone groups is 1. The van der Waals surface area contributed by atoms with Crippen LogP contribution < -0.4 is 4.74 Å². The van der Waals surface area contributed by atoms with E-state index in [1.807, 2.05) is 30.3 Å². The monoisotopic (exact) mass is 523 g/mol. The summed E-state index contributed by atoms with van der Waals surface area (Å²) in [5, 5.41) is 0.403. The summed E-state index contributed by atoms with van der Waals surface area (Å²) in [5.74, 6) is -1.14. The third-order valence-corrected chi connectivity index (χ3v) is 9.23. The number of halogens is 3. The summed E-state index contributed by atoms with van der Waals surface area (Å²) in [4.78, 5) is 6.22. The van der Waals surface area contributed by atoms with Gasteiger partial charge in [-0.2, -0.15) is 17.5 Å². The average molecular weight is 524 g/mol. The number of nitrogens with zero attached hydrogens (tertiary/aromatic N) is 3. The average Bonchev–Trinajstić information content (AvgIpc) is 3.35. The second-order valence-electron chi connectivity index (χ2n) is 8.87. The molecule has 186 valence electrons. The maximum atomic E-state index is 13.6. The first-order valence-corrected chi connectivity index (χ1v) is 13.8. The molecule has 3 atom stereocenters. The number of benzene rings is 2. The van der Waals surface area contributed by atoms with Crippen LogP contribution in [-0.4, -0.2) is 42.0 Å². The van der Waals surface area contributed by atoms with Crippen molar-refractivity contribution in [2.45, 2.75) is 48.2 Å². The van der Waals surface area contributed by atoms with Crippen LogP contribution in [0.15, 0.2) is 59.8 Å². The van der Waals surface area contributed by atoms with Gasteiger partial charge in [-0.15, -0.1) is 0 Å². The van der Waals surface area contributed by atoms with Gasteiger partial charge in [-0.05, 0) is 48.6 Å². The predicted molar refractivity (Wildman–Crippen MR) is 125 cm³/mol. The van der Waals surface area contributed by atoms with E-state index in [1.165, 1.54) is 12.4 Å². The third-order valence-electron chi connectivity index (χ3n) is 6.76. The molecule has 0 spiro atoms. The zero-order valence-corrected chi connectivity index (χ0v) is 20.3. The highest BCUT2D eigenvalue weighted by Crippen LogP contribution is 2.48. The van der Waals surface area contributed by atoms with E-state index >= 15 is 0 Å². The maximum absolute atomic E-state index is 13.6. The van der Waals surface area contributed by atoms with E-state index < -0.39 is 28.0 Å². The molecule has 3 aromatic rings. The Labute approximate surface area is 205 Å². The summed E-state index contributed by atoms with van der Waals surface area (Å²) in [6.07, 6.45) is -2.27. The molecule has 35 heavy (non-hydrogen) atoms. The van der Waals surface area contributed by atoms with Crippen molar-refractivity contribution in [1.82, 2.24) is 14.3 Å². The van der Waals surface area contributed by atoms with Crippen molar-refractivity contribution >= 4 is 21.4 Å². The molecule has 5 rings (SSSR count). The molecule has 0 saturated carbocycles. The van der Waals surface area contributed by atoms with Crippen molar-refractivity contribution in [3.8, 4) is 5.75 Å². The second-order valence-corrected chi connectivity index (χ2v) is 11.7. The number of piperidine rings is 1. The van der Waals surface area contributed by atoms with Crippen LogP contribution >= 0.6 is 11.5 Å². The first kappa shape index (κ1) is 24.2. The second kappa shape index (κ2) is 9.51. The number of hydrogen-bond donors (Lipinski definition) is 0. The predicted octanol–water partition coefficient (Wildman–Crippen LogP) is 5.35. The van der Waals surface area contributed by atoms with Gasteiger partial charge in [0.2, 0.25) is 0 Å². The van der Waals surface area contributed by atoms with Crippen LogP contribution in [0.4, 0.5) is 13.2 Å². The fourth-order valence-corrected chi connectivity index (χ4v) is 7.17. The molecule has 0 radical (unpaired) electrons. The molecular formula is C24H24F3N3O3S2. The molecule has 0 unspecified atom stereocenters. The molecule has 2 aromatic carbocycles. The van der Waals surface area contributed by atoms with Gasteiger partial charge >= 0.3 is 6.18 Å². The van der Waals surface area contributed by atoms with Gasteiger partial charge in [-0.3, -0.25) is 4.90 Å². The normalized spacial score (nSPS) is 23.5. The van der Waals surface area contributed by atoms with E-state index in [1.54, 1.807) is 12.1 Å². The number of ether oxygens (including phenoxy) is 1. The van der Waals surface area contributed by atoms with E-state index in [2.05, 4.69) is 14.3 Å². The lowest BCUT2D eigenvalue weighted by molar-refractivity contribution is -0.192. The molecular weight excluding hydrogens is 499 g/mol. The molecule has 0 aliphatic carbocycles. The Morgan fingerprint density at radius 1 is 1.09 bits per heavy atom. The Morgan fingerprint density at radius 3 is 2.60 bits per heavy atom. The van der Waals surface area contributed by atoms with Crippen LogP contribution in [0.25, 0.3) is 0 Å². The topological polar surface area (TPSA) is 72.4 Å². The van der Waals surface area contributed by atoms with Gasteiger partial charge in [-0.1, -0.05) is 36.4 Å². The van der Waals surface area contributed by atoms with Crippen LogP contribution in [0.1, 0.15) is 47.5 Å². The molecule has 3 heterocycles. The summed E-state index contributed by atoms with van der Waals surface area (Å²) in [7, 11) is -3.65. The summed E-state index contributed by atoms with van der Waals surface area (Å²) in [6.45, 7) is 0.656. The lowest BCUT2D eigenvalue weighted by atomic mass is 9.84. The molecule has 6 nitrogen and oxygen atoms in total. The molecule has 1 fully saturated rings. The van der Waals surface area contributed by atoms with Gasteiger partial charge in [-0.25, -0.2) is 13.4 Å². The molecule has 11 heteroatoms. The van der Waals surface area contributed by atoms with Gasteiger partial charge in [0.05, 0.1) is 17.4 Å². The van der Waals surface area contributed by atoms with Crippen LogP contribution in [0, 0.1) is 5.92 Å². The molecule has 1 saturated heterocycles. The molecule has 0 bridgehead atoms. The van der Waals surface area contributed by atoms with Crippen molar-refractivity contribution in [2.75, 3.05) is 13.2 Å². The van der Waals surface area contributed by atoms with E-state index in [4.69, 9.17) is 4.74 Å². The summed E-state index contributed by atoms with van der Waals surface area (Å²) in [6, 6.07) is 13.5. The van der Waals surface area contributed by atoms with E-state index in [-0.39, 0.29) is 29.5 Å². The van der Waals surface area contributed by atoms with Crippen molar-refractivity contribution in [2.24, 2.45) is 5.92 Å². The molecule has 2 aliphatic rings. The quantitative estimate of drug-likeness (QED) is 0.449. The minimum atomic E-state index is -4.23. The number of rotatable bonds is 5. The Hall–Kier alpha value is -2.50. The number of likely N-dealkylation sites (tertiary alicyclic amines) is 1. The van der Waals surface area contributed by atoms with Crippen molar-refractivity contribution in [1.29, 1.82) is 0 Å². The number of aromatic nitrogens is 2. The van der Waals surface area contributed by atoms with Crippen molar-refractivity contribution in [3.05, 3.63) is 71.0 Å². The first-order valence-electron chi connectivity index (χ1n) is 11.3. The number of fused-ring (bicyclic) bond motifs is 1. The standard InChI is InChI=1S/C24H24F3N3O3S2/c25-24(26,27)17-8-10-30(21(12-17)16-4-2-1-3-5-16)20-9-11-33-22-13-18(6-7-19(20)22)35(31,32)14-23-28-15-29-34-23/h1-7,13,15,17,20-21H,8-12,14H2/t17-,20+,21-/m1/s1. The van der Waals surface area contributed by atoms with Crippen LogP contribution in [0.5, 0.6) is 5.75 Å². The highest BCUT2D eigenvalue weighted by Gasteiger charge is 2.46. The van der Waals surface area contributed by atoms with Crippen LogP contribution in [-0.2, 0) is 15.6 Å². The van der Waals surface area contributed by atoms with Gasteiger partial charge in [0.1, 0.15) is 22.8 Å². The van der Waals surface area contributed by atoms with Crippen LogP contribution in [0.3, 0.4) is 0 Å². The summed E-state index contributed by atoms with van der Waals surface area (Å²) < 4.78 is 76.4. The lowest BCUT2D eigenvalue weighted by Gasteiger charge is -2.46. The zero-order valence-electron chi connectivity index (χ0n) is 18.7. The maximum Gasteiger partial charge on any atom is 0.391 e. The van der Waals surface area contributed by atoms with Gasteiger partial charge < -0.3 is 4.74 Å². The Morgan fingerprint density at radius 2 is 1.89 bits per heavy atom. The van der Waals surface area contributed by atoms with Crippen molar-refractivity contribution < 1.29 is 26.3 Å². The van der Waals surface area contributed by atoms with Crippen molar-refractivity contribution in [3.63, 3.8) is 0 Å². The Bertz CT molecular complexity index is 1270. The van der Waals surface area contributed by atoms with E-state index in [0.717, 1.165) is 22.7 Å². The lowest BCUT2D eigenvalue weighted by Crippen LogP contribution is -2.44. The van der Waals surface area contributed by atoms with E-state index in [0.29, 0.717) is 30.3 Å². The smallest absolute Gasteiger partial charge is 0.391 e. The first-order chi connectivity index (χ1) is 16.7. The Balaban J connectivity index is 1.46. The zero-order chi connectivity index (χ0) is 24.6. The molecule has 1 aromatic heterocycles. The molecule has 0 amide bonds. The fourth-order valence-electron chi connectivity index (χ4n) is 5.05. The molecule has 2 aliphatic heterocycles. The minimum Gasteiger partial charge on any atom is -0.493 e. The third kappa shape index (κ3) is 5.07. The molecule has 0 N–H and O–H groups in total. The van der Waals surface area contributed by atoms with E-state index in [9.17, 15) is 21.6 Å². The van der Waals surface area contributed by atoms with Gasteiger partial charge in [0, 0.05) is 24.1 Å². The van der Waals surface area contributed by atoms with Gasteiger partial charge in [0.25, 0.3) is 0 Å². The number of hydrogen-bond acceptors (Lipinski definition) is 7. The SMILES string of the molecule is O=S(=O)(Cc1ncns1)c1ccc2c(c1)OCC[C@@H]2N1CC[C@@H](C(F)(F)F)C[C@@H]1c1ccccc1. The minimum absolute atomic E-state index is 0.00544. The fraction of sp³-hybridized carbons (Fsp3) is 0.417. The highest BCUT2D eigenvalue weighted by atomic mass is 32.2.